The maximum atomic E-state index is 14.0. The van der Waals surface area contributed by atoms with Gasteiger partial charge in [-0.1, -0.05) is 6.92 Å². The lowest BCUT2D eigenvalue weighted by Crippen LogP contribution is -2.38. The van der Waals surface area contributed by atoms with Crippen LogP contribution in [0.2, 0.25) is 0 Å². The van der Waals surface area contributed by atoms with E-state index < -0.39 is 26.6 Å². The zero-order valence-corrected chi connectivity index (χ0v) is 21.1. The van der Waals surface area contributed by atoms with Gasteiger partial charge < -0.3 is 9.64 Å². The molecule has 5 rings (SSSR count). The van der Waals surface area contributed by atoms with Crippen LogP contribution in [-0.2, 0) is 10.0 Å². The number of aromatic nitrogens is 4. The van der Waals surface area contributed by atoms with Gasteiger partial charge in [0.2, 0.25) is 5.88 Å². The van der Waals surface area contributed by atoms with Crippen LogP contribution in [0, 0.1) is 18.6 Å². The van der Waals surface area contributed by atoms with E-state index in [0.717, 1.165) is 55.7 Å². The number of ether oxygens (including phenoxy) is 1. The van der Waals surface area contributed by atoms with E-state index in [1.54, 1.807) is 12.1 Å². The van der Waals surface area contributed by atoms with E-state index in [2.05, 4.69) is 36.7 Å². The summed E-state index contributed by atoms with van der Waals surface area (Å²) in [7, 11) is -4.33. The highest BCUT2D eigenvalue weighted by molar-refractivity contribution is 7.92. The first kappa shape index (κ1) is 25.0. The SMILES string of the molecule is CCN1CCC(Oc2nc(-c3ccc(NS(=O)(=O)c4cc(F)ccc4F)cc3)nc3n[nH]c(C)c23)CC1. The highest BCUT2D eigenvalue weighted by atomic mass is 32.2. The molecule has 2 aromatic heterocycles. The number of anilines is 1. The van der Waals surface area contributed by atoms with Crippen LogP contribution in [0.15, 0.2) is 47.4 Å². The van der Waals surface area contributed by atoms with Crippen molar-refractivity contribution in [2.24, 2.45) is 0 Å². The van der Waals surface area contributed by atoms with Crippen LogP contribution in [0.3, 0.4) is 0 Å². The van der Waals surface area contributed by atoms with Crippen molar-refractivity contribution in [3.05, 3.63) is 59.8 Å². The fourth-order valence-electron chi connectivity index (χ4n) is 4.33. The Bertz CT molecular complexity index is 1530. The van der Waals surface area contributed by atoms with Crippen LogP contribution in [0.4, 0.5) is 14.5 Å². The predicted octanol–water partition coefficient (Wildman–Crippen LogP) is 4.27. The van der Waals surface area contributed by atoms with Gasteiger partial charge in [-0.2, -0.15) is 10.1 Å². The number of nitrogens with one attached hydrogen (secondary N) is 2. The Morgan fingerprint density at radius 1 is 1.11 bits per heavy atom. The Morgan fingerprint density at radius 2 is 1.84 bits per heavy atom. The van der Waals surface area contributed by atoms with Gasteiger partial charge in [-0.05, 0) is 68.8 Å². The monoisotopic (exact) mass is 528 g/mol. The first-order valence-electron chi connectivity index (χ1n) is 11.9. The largest absolute Gasteiger partial charge is 0.474 e. The number of halogens is 2. The number of hydrogen-bond acceptors (Lipinski definition) is 7. The summed E-state index contributed by atoms with van der Waals surface area (Å²) >= 11 is 0. The minimum atomic E-state index is -4.33. The van der Waals surface area contributed by atoms with Gasteiger partial charge in [0.1, 0.15) is 28.0 Å². The Morgan fingerprint density at radius 3 is 2.54 bits per heavy atom. The third-order valence-electron chi connectivity index (χ3n) is 6.40. The molecular formula is C25H26F2N6O3S. The van der Waals surface area contributed by atoms with E-state index in [0.29, 0.717) is 29.0 Å². The van der Waals surface area contributed by atoms with Crippen LogP contribution in [-0.4, -0.2) is 59.2 Å². The molecule has 0 radical (unpaired) electrons. The number of nitrogens with zero attached hydrogens (tertiary/aromatic N) is 4. The Labute approximate surface area is 212 Å². The van der Waals surface area contributed by atoms with Gasteiger partial charge in [0.05, 0.1) is 0 Å². The molecule has 194 valence electrons. The number of fused-ring (bicyclic) bond motifs is 1. The van der Waals surface area contributed by atoms with E-state index in [4.69, 9.17) is 4.74 Å². The molecule has 0 unspecified atom stereocenters. The average Bonchev–Trinajstić information content (AvgIpc) is 3.27. The number of piperidine rings is 1. The molecule has 0 aliphatic carbocycles. The molecule has 0 bridgehead atoms. The quantitative estimate of drug-likeness (QED) is 0.368. The highest BCUT2D eigenvalue weighted by Gasteiger charge is 2.24. The van der Waals surface area contributed by atoms with Gasteiger partial charge >= 0.3 is 0 Å². The lowest BCUT2D eigenvalue weighted by Gasteiger charge is -2.31. The molecule has 1 saturated heterocycles. The number of hydrogen-bond donors (Lipinski definition) is 2. The summed E-state index contributed by atoms with van der Waals surface area (Å²) in [4.78, 5) is 10.8. The molecule has 12 heteroatoms. The summed E-state index contributed by atoms with van der Waals surface area (Å²) in [5, 5.41) is 7.93. The van der Waals surface area contributed by atoms with Crippen molar-refractivity contribution in [2.45, 2.75) is 37.7 Å². The van der Waals surface area contributed by atoms with E-state index in [9.17, 15) is 17.2 Å². The van der Waals surface area contributed by atoms with Gasteiger partial charge in [0.25, 0.3) is 10.0 Å². The Balaban J connectivity index is 1.40. The predicted molar refractivity (Wildman–Crippen MR) is 135 cm³/mol. The summed E-state index contributed by atoms with van der Waals surface area (Å²) in [6.07, 6.45) is 1.82. The van der Waals surface area contributed by atoms with Crippen LogP contribution in [0.5, 0.6) is 5.88 Å². The smallest absolute Gasteiger partial charge is 0.264 e. The van der Waals surface area contributed by atoms with Crippen LogP contribution < -0.4 is 9.46 Å². The number of rotatable bonds is 7. The average molecular weight is 529 g/mol. The standard InChI is InChI=1S/C25H26F2N6O3S/c1-3-33-12-10-19(11-13-33)36-25-22-15(2)30-31-24(22)28-23(29-25)16-4-7-18(8-5-16)32-37(34,35)21-14-17(26)6-9-20(21)27/h4-9,14,19,32H,3,10-13H2,1-2H3,(H,28,29,30,31). The number of H-pyrrole nitrogens is 1. The van der Waals surface area contributed by atoms with Crippen molar-refractivity contribution in [3.63, 3.8) is 0 Å². The molecule has 3 heterocycles. The molecule has 0 spiro atoms. The topological polar surface area (TPSA) is 113 Å². The van der Waals surface area contributed by atoms with Crippen molar-refractivity contribution in [3.8, 4) is 17.3 Å². The lowest BCUT2D eigenvalue weighted by molar-refractivity contribution is 0.101. The fourth-order valence-corrected chi connectivity index (χ4v) is 5.48. The second-order valence-electron chi connectivity index (χ2n) is 8.91. The number of likely N-dealkylation sites (tertiary alicyclic amines) is 1. The van der Waals surface area contributed by atoms with Crippen LogP contribution >= 0.6 is 0 Å². The molecule has 0 saturated carbocycles. The summed E-state index contributed by atoms with van der Waals surface area (Å²) in [6.45, 7) is 6.96. The minimum Gasteiger partial charge on any atom is -0.474 e. The van der Waals surface area contributed by atoms with Crippen LogP contribution in [0.25, 0.3) is 22.4 Å². The molecular weight excluding hydrogens is 502 g/mol. The van der Waals surface area contributed by atoms with Crippen molar-refractivity contribution < 1.29 is 21.9 Å². The first-order chi connectivity index (χ1) is 17.7. The maximum absolute atomic E-state index is 14.0. The van der Waals surface area contributed by atoms with Gasteiger partial charge in [-0.15, -0.1) is 0 Å². The molecule has 37 heavy (non-hydrogen) atoms. The minimum absolute atomic E-state index is 0.0306. The molecule has 4 aromatic rings. The molecule has 9 nitrogen and oxygen atoms in total. The zero-order chi connectivity index (χ0) is 26.2. The second kappa shape index (κ2) is 10.0. The van der Waals surface area contributed by atoms with Crippen molar-refractivity contribution >= 4 is 26.7 Å². The molecule has 0 amide bonds. The van der Waals surface area contributed by atoms with Crippen molar-refractivity contribution in [1.82, 2.24) is 25.1 Å². The second-order valence-corrected chi connectivity index (χ2v) is 10.6. The van der Waals surface area contributed by atoms with Crippen molar-refractivity contribution in [1.29, 1.82) is 0 Å². The lowest BCUT2D eigenvalue weighted by atomic mass is 10.1. The Kier molecular flexibility index (Phi) is 6.78. The molecule has 0 atom stereocenters. The molecule has 2 aromatic carbocycles. The van der Waals surface area contributed by atoms with Crippen molar-refractivity contribution in [2.75, 3.05) is 24.4 Å². The molecule has 2 N–H and O–H groups in total. The van der Waals surface area contributed by atoms with E-state index >= 15 is 0 Å². The fraction of sp³-hybridized carbons (Fsp3) is 0.320. The van der Waals surface area contributed by atoms with Crippen LogP contribution in [0.1, 0.15) is 25.5 Å². The summed E-state index contributed by atoms with van der Waals surface area (Å²) in [6, 6.07) is 8.50. The summed E-state index contributed by atoms with van der Waals surface area (Å²) < 4.78 is 61.2. The van der Waals surface area contributed by atoms with E-state index in [1.165, 1.54) is 12.1 Å². The van der Waals surface area contributed by atoms with Gasteiger partial charge in [0, 0.05) is 30.0 Å². The third-order valence-corrected chi connectivity index (χ3v) is 7.80. The molecule has 1 aliphatic heterocycles. The normalized spacial score (nSPS) is 15.2. The zero-order valence-electron chi connectivity index (χ0n) is 20.3. The van der Waals surface area contributed by atoms with Gasteiger partial charge in [-0.25, -0.2) is 22.2 Å². The Hall–Kier alpha value is -3.64. The summed E-state index contributed by atoms with van der Waals surface area (Å²) in [5.74, 6) is -1.08. The number of aromatic amines is 1. The van der Waals surface area contributed by atoms with E-state index in [-0.39, 0.29) is 11.8 Å². The number of benzene rings is 2. The maximum Gasteiger partial charge on any atom is 0.264 e. The van der Waals surface area contributed by atoms with Gasteiger partial charge in [0.15, 0.2) is 11.5 Å². The number of aryl methyl sites for hydroxylation is 1. The third kappa shape index (κ3) is 5.25. The van der Waals surface area contributed by atoms with Gasteiger partial charge in [-0.3, -0.25) is 9.82 Å². The van der Waals surface area contributed by atoms with E-state index in [1.807, 2.05) is 6.92 Å². The number of sulfonamides is 1. The molecule has 1 fully saturated rings. The summed E-state index contributed by atoms with van der Waals surface area (Å²) in [5.41, 5.74) is 2.04. The molecule has 1 aliphatic rings. The highest BCUT2D eigenvalue weighted by Crippen LogP contribution is 2.30. The first-order valence-corrected chi connectivity index (χ1v) is 13.4.